The Morgan fingerprint density at radius 1 is 1.56 bits per heavy atom. The summed E-state index contributed by atoms with van der Waals surface area (Å²) < 4.78 is 5.40. The van der Waals surface area contributed by atoms with E-state index in [1.165, 1.54) is 4.90 Å². The van der Waals surface area contributed by atoms with E-state index in [0.717, 1.165) is 12.8 Å². The first-order valence-electron chi connectivity index (χ1n) is 6.26. The van der Waals surface area contributed by atoms with Crippen LogP contribution in [-0.4, -0.2) is 54.4 Å². The van der Waals surface area contributed by atoms with Crippen LogP contribution in [0.25, 0.3) is 0 Å². The quantitative estimate of drug-likeness (QED) is 0.785. The Labute approximate surface area is 107 Å². The number of aliphatic carboxylic acids is 1. The maximum Gasteiger partial charge on any atom is 0.317 e. The number of rotatable bonds is 4. The van der Waals surface area contributed by atoms with E-state index in [-0.39, 0.29) is 24.7 Å². The number of nitrogens with one attached hydrogen (secondary N) is 1. The fourth-order valence-corrected chi connectivity index (χ4v) is 1.99. The number of amides is 2. The van der Waals surface area contributed by atoms with Crippen molar-refractivity contribution in [3.8, 4) is 0 Å². The van der Waals surface area contributed by atoms with Crippen LogP contribution in [0.4, 0.5) is 4.79 Å². The molecule has 0 saturated carbocycles. The third-order valence-electron chi connectivity index (χ3n) is 3.13. The first kappa shape index (κ1) is 14.8. The van der Waals surface area contributed by atoms with Gasteiger partial charge in [-0.05, 0) is 19.8 Å². The Bertz CT molecular complexity index is 308. The molecule has 0 radical (unpaired) electrons. The first-order valence-corrected chi connectivity index (χ1v) is 6.26. The Kier molecular flexibility index (Phi) is 5.40. The zero-order valence-corrected chi connectivity index (χ0v) is 11.2. The summed E-state index contributed by atoms with van der Waals surface area (Å²) in [6.07, 6.45) is 1.76. The van der Waals surface area contributed by atoms with Crippen LogP contribution >= 0.6 is 0 Å². The van der Waals surface area contributed by atoms with Crippen LogP contribution < -0.4 is 5.32 Å². The fraction of sp³-hybridized carbons (Fsp3) is 0.833. The van der Waals surface area contributed by atoms with E-state index in [9.17, 15) is 9.59 Å². The molecule has 3 atom stereocenters. The van der Waals surface area contributed by atoms with Gasteiger partial charge in [0.25, 0.3) is 0 Å². The van der Waals surface area contributed by atoms with Gasteiger partial charge in [0, 0.05) is 26.2 Å². The molecule has 0 aromatic rings. The predicted molar refractivity (Wildman–Crippen MR) is 66.4 cm³/mol. The molecule has 104 valence electrons. The van der Waals surface area contributed by atoms with Gasteiger partial charge in [-0.1, -0.05) is 6.92 Å². The summed E-state index contributed by atoms with van der Waals surface area (Å²) in [4.78, 5) is 24.0. The zero-order chi connectivity index (χ0) is 13.7. The highest BCUT2D eigenvalue weighted by molar-refractivity contribution is 5.76. The lowest BCUT2D eigenvalue weighted by atomic mass is 10.0. The van der Waals surface area contributed by atoms with E-state index >= 15 is 0 Å². The molecular formula is C12H22N2O4. The highest BCUT2D eigenvalue weighted by Gasteiger charge is 2.23. The van der Waals surface area contributed by atoms with Crippen molar-refractivity contribution in [1.29, 1.82) is 0 Å². The normalized spacial score (nSPS) is 25.3. The van der Waals surface area contributed by atoms with E-state index in [1.807, 2.05) is 6.92 Å². The molecule has 0 aromatic carbocycles. The number of carboxylic acid groups (broad SMARTS) is 1. The van der Waals surface area contributed by atoms with E-state index in [2.05, 4.69) is 5.32 Å². The number of ether oxygens (including phenoxy) is 1. The molecule has 6 heteroatoms. The molecule has 3 unspecified atom stereocenters. The summed E-state index contributed by atoms with van der Waals surface area (Å²) in [6.45, 7) is 4.43. The maximum absolute atomic E-state index is 11.9. The fourth-order valence-electron chi connectivity index (χ4n) is 1.99. The summed E-state index contributed by atoms with van der Waals surface area (Å²) in [5.41, 5.74) is 0. The number of carbonyl (C=O) groups is 2. The van der Waals surface area contributed by atoms with E-state index < -0.39 is 11.9 Å². The van der Waals surface area contributed by atoms with Gasteiger partial charge in [-0.25, -0.2) is 4.79 Å². The molecule has 6 nitrogen and oxygen atoms in total. The van der Waals surface area contributed by atoms with Crippen molar-refractivity contribution in [3.05, 3.63) is 0 Å². The molecule has 2 N–H and O–H groups in total. The van der Waals surface area contributed by atoms with Gasteiger partial charge >= 0.3 is 12.0 Å². The second-order valence-electron chi connectivity index (χ2n) is 4.97. The number of carboxylic acids is 1. The molecule has 0 aliphatic carbocycles. The van der Waals surface area contributed by atoms with Crippen LogP contribution in [0.1, 0.15) is 26.7 Å². The molecule has 1 heterocycles. The van der Waals surface area contributed by atoms with Gasteiger partial charge in [0.2, 0.25) is 0 Å². The van der Waals surface area contributed by atoms with Crippen LogP contribution in [0.5, 0.6) is 0 Å². The highest BCUT2D eigenvalue weighted by atomic mass is 16.5. The van der Waals surface area contributed by atoms with E-state index in [4.69, 9.17) is 9.84 Å². The van der Waals surface area contributed by atoms with Gasteiger partial charge in [0.05, 0.1) is 12.0 Å². The monoisotopic (exact) mass is 258 g/mol. The number of hydrogen-bond acceptors (Lipinski definition) is 3. The van der Waals surface area contributed by atoms with Gasteiger partial charge in [-0.3, -0.25) is 4.79 Å². The van der Waals surface area contributed by atoms with Crippen molar-refractivity contribution in [2.24, 2.45) is 5.92 Å². The summed E-state index contributed by atoms with van der Waals surface area (Å²) in [6, 6.07) is -0.106. The SMILES string of the molecule is CC1CC(NC(=O)N(C)CC(C)C(=O)O)CCO1. The summed E-state index contributed by atoms with van der Waals surface area (Å²) >= 11 is 0. The summed E-state index contributed by atoms with van der Waals surface area (Å²) in [5.74, 6) is -1.45. The molecule has 1 saturated heterocycles. The number of carbonyl (C=O) groups excluding carboxylic acids is 1. The molecule has 2 amide bonds. The average Bonchev–Trinajstić information content (AvgIpc) is 2.28. The molecule has 0 bridgehead atoms. The minimum atomic E-state index is -0.894. The van der Waals surface area contributed by atoms with Crippen molar-refractivity contribution < 1.29 is 19.4 Å². The van der Waals surface area contributed by atoms with E-state index in [0.29, 0.717) is 6.61 Å². The Morgan fingerprint density at radius 3 is 2.78 bits per heavy atom. The topological polar surface area (TPSA) is 78.9 Å². The van der Waals surface area contributed by atoms with Crippen molar-refractivity contribution in [3.63, 3.8) is 0 Å². The number of nitrogens with zero attached hydrogens (tertiary/aromatic N) is 1. The molecule has 0 spiro atoms. The molecule has 18 heavy (non-hydrogen) atoms. The second-order valence-corrected chi connectivity index (χ2v) is 4.97. The largest absolute Gasteiger partial charge is 0.481 e. The van der Waals surface area contributed by atoms with Gasteiger partial charge in [-0.2, -0.15) is 0 Å². The molecule has 1 aliphatic rings. The molecule has 0 aromatic heterocycles. The minimum absolute atomic E-state index is 0.115. The van der Waals surface area contributed by atoms with Crippen molar-refractivity contribution in [2.75, 3.05) is 20.2 Å². The average molecular weight is 258 g/mol. The molecule has 1 rings (SSSR count). The lowest BCUT2D eigenvalue weighted by molar-refractivity contribution is -0.141. The first-order chi connectivity index (χ1) is 8.40. The molecular weight excluding hydrogens is 236 g/mol. The lowest BCUT2D eigenvalue weighted by Gasteiger charge is -2.30. The van der Waals surface area contributed by atoms with Crippen molar-refractivity contribution >= 4 is 12.0 Å². The van der Waals surface area contributed by atoms with Gasteiger partial charge in [-0.15, -0.1) is 0 Å². The number of hydrogen-bond donors (Lipinski definition) is 2. The van der Waals surface area contributed by atoms with Crippen LogP contribution in [0.2, 0.25) is 0 Å². The lowest BCUT2D eigenvalue weighted by Crippen LogP contribution is -2.47. The van der Waals surface area contributed by atoms with Crippen molar-refractivity contribution in [1.82, 2.24) is 10.2 Å². The summed E-state index contributed by atoms with van der Waals surface area (Å²) in [5, 5.41) is 11.7. The molecule has 1 aliphatic heterocycles. The van der Waals surface area contributed by atoms with Gasteiger partial charge < -0.3 is 20.1 Å². The highest BCUT2D eigenvalue weighted by Crippen LogP contribution is 2.13. The van der Waals surface area contributed by atoms with E-state index in [1.54, 1.807) is 14.0 Å². The minimum Gasteiger partial charge on any atom is -0.481 e. The van der Waals surface area contributed by atoms with Crippen LogP contribution in [0.3, 0.4) is 0 Å². The Balaban J connectivity index is 2.37. The van der Waals surface area contributed by atoms with Gasteiger partial charge in [0.1, 0.15) is 0 Å². The van der Waals surface area contributed by atoms with Crippen LogP contribution in [0.15, 0.2) is 0 Å². The smallest absolute Gasteiger partial charge is 0.317 e. The van der Waals surface area contributed by atoms with Gasteiger partial charge in [0.15, 0.2) is 0 Å². The maximum atomic E-state index is 11.9. The van der Waals surface area contributed by atoms with Crippen LogP contribution in [-0.2, 0) is 9.53 Å². The second kappa shape index (κ2) is 6.58. The van der Waals surface area contributed by atoms with Crippen LogP contribution in [0, 0.1) is 5.92 Å². The molecule has 1 fully saturated rings. The Morgan fingerprint density at radius 2 is 2.22 bits per heavy atom. The Hall–Kier alpha value is -1.30. The summed E-state index contributed by atoms with van der Waals surface area (Å²) in [7, 11) is 1.61. The number of urea groups is 1. The third-order valence-corrected chi connectivity index (χ3v) is 3.13. The predicted octanol–water partition coefficient (Wildman–Crippen LogP) is 0.916. The standard InChI is InChI=1S/C12H22N2O4/c1-8(11(15)16)7-14(3)12(17)13-10-4-5-18-9(2)6-10/h8-10H,4-7H2,1-3H3,(H,13,17)(H,15,16). The van der Waals surface area contributed by atoms with Crippen molar-refractivity contribution in [2.45, 2.75) is 38.8 Å². The zero-order valence-electron chi connectivity index (χ0n) is 11.2. The third kappa shape index (κ3) is 4.52.